The maximum Gasteiger partial charge on any atom is 0.222 e. The van der Waals surface area contributed by atoms with Crippen molar-refractivity contribution < 1.29 is 0 Å². The number of nitrogens with zero attached hydrogens (tertiary/aromatic N) is 3. The van der Waals surface area contributed by atoms with Gasteiger partial charge in [0.05, 0.1) is 10.9 Å². The number of hydrogen-bond donors (Lipinski definition) is 1. The van der Waals surface area contributed by atoms with E-state index in [0.717, 1.165) is 24.2 Å². The molecular weight excluding hydrogens is 244 g/mol. The smallest absolute Gasteiger partial charge is 0.222 e. The van der Waals surface area contributed by atoms with Gasteiger partial charge in [-0.25, -0.2) is 4.68 Å². The van der Waals surface area contributed by atoms with Gasteiger partial charge in [-0.1, -0.05) is 6.42 Å². The summed E-state index contributed by atoms with van der Waals surface area (Å²) < 4.78 is 2.13. The number of anilines is 1. The van der Waals surface area contributed by atoms with Gasteiger partial charge in [-0.05, 0) is 42.7 Å². The van der Waals surface area contributed by atoms with Crippen LogP contribution in [0.4, 0.5) is 5.95 Å². The molecule has 2 aromatic rings. The molecule has 4 rings (SSSR count). The first-order valence-corrected chi connectivity index (χ1v) is 7.46. The minimum Gasteiger partial charge on any atom is -0.354 e. The topological polar surface area (TPSA) is 42.7 Å². The fourth-order valence-electron chi connectivity index (χ4n) is 3.17. The second kappa shape index (κ2) is 3.82. The molecule has 0 saturated heterocycles. The summed E-state index contributed by atoms with van der Waals surface area (Å²) in [4.78, 5) is 5.87. The Bertz CT molecular complexity index is 586. The van der Waals surface area contributed by atoms with E-state index in [9.17, 15) is 0 Å². The lowest BCUT2D eigenvalue weighted by molar-refractivity contribution is 0.346. The molecule has 18 heavy (non-hydrogen) atoms. The quantitative estimate of drug-likeness (QED) is 0.857. The van der Waals surface area contributed by atoms with Gasteiger partial charge in [0.1, 0.15) is 0 Å². The predicted octanol–water partition coefficient (Wildman–Crippen LogP) is 3.08. The second-order valence-electron chi connectivity index (χ2n) is 5.28. The average Bonchev–Trinajstić information content (AvgIpc) is 3.04. The highest BCUT2D eigenvalue weighted by atomic mass is 32.1. The van der Waals surface area contributed by atoms with Crippen molar-refractivity contribution in [1.82, 2.24) is 14.8 Å². The molecule has 0 amide bonds. The Hall–Kier alpha value is -1.36. The molecule has 2 aliphatic rings. The van der Waals surface area contributed by atoms with E-state index in [2.05, 4.69) is 33.4 Å². The molecule has 0 bridgehead atoms. The van der Waals surface area contributed by atoms with Crippen LogP contribution in [0, 0.1) is 12.8 Å². The summed E-state index contributed by atoms with van der Waals surface area (Å²) in [5, 5.41) is 10.3. The van der Waals surface area contributed by atoms with Crippen LogP contribution in [-0.4, -0.2) is 21.3 Å². The monoisotopic (exact) mass is 260 g/mol. The Morgan fingerprint density at radius 3 is 3.22 bits per heavy atom. The Morgan fingerprint density at radius 2 is 2.39 bits per heavy atom. The van der Waals surface area contributed by atoms with Crippen molar-refractivity contribution in [2.75, 3.05) is 11.9 Å². The average molecular weight is 260 g/mol. The SMILES string of the molecule is Cc1ccsc1-c1nc2n(n1)C1CCCC1CN2. The highest BCUT2D eigenvalue weighted by Crippen LogP contribution is 2.40. The first-order chi connectivity index (χ1) is 8.83. The maximum absolute atomic E-state index is 4.75. The molecule has 5 heteroatoms. The number of nitrogens with one attached hydrogen (secondary N) is 1. The Kier molecular flexibility index (Phi) is 2.24. The van der Waals surface area contributed by atoms with Crippen LogP contribution in [-0.2, 0) is 0 Å². The lowest BCUT2D eigenvalue weighted by Crippen LogP contribution is -2.29. The van der Waals surface area contributed by atoms with Crippen molar-refractivity contribution in [3.8, 4) is 10.7 Å². The van der Waals surface area contributed by atoms with Crippen LogP contribution >= 0.6 is 11.3 Å². The summed E-state index contributed by atoms with van der Waals surface area (Å²) in [5.41, 5.74) is 1.27. The molecule has 1 aliphatic carbocycles. The molecule has 2 atom stereocenters. The van der Waals surface area contributed by atoms with Crippen LogP contribution in [0.25, 0.3) is 10.7 Å². The van der Waals surface area contributed by atoms with Crippen LogP contribution < -0.4 is 5.32 Å². The summed E-state index contributed by atoms with van der Waals surface area (Å²) in [5.74, 6) is 2.59. The Labute approximate surface area is 110 Å². The number of aromatic nitrogens is 3. The van der Waals surface area contributed by atoms with E-state index in [-0.39, 0.29) is 0 Å². The zero-order valence-electron chi connectivity index (χ0n) is 10.4. The third-order valence-corrected chi connectivity index (χ3v) is 5.16. The largest absolute Gasteiger partial charge is 0.354 e. The van der Waals surface area contributed by atoms with E-state index >= 15 is 0 Å². The van der Waals surface area contributed by atoms with Crippen molar-refractivity contribution in [3.05, 3.63) is 17.0 Å². The third-order valence-electron chi connectivity index (χ3n) is 4.15. The number of aryl methyl sites for hydroxylation is 1. The lowest BCUT2D eigenvalue weighted by Gasteiger charge is -2.26. The number of hydrogen-bond acceptors (Lipinski definition) is 4. The van der Waals surface area contributed by atoms with Gasteiger partial charge in [-0.3, -0.25) is 0 Å². The van der Waals surface area contributed by atoms with E-state index in [1.807, 2.05) is 0 Å². The molecule has 0 radical (unpaired) electrons. The van der Waals surface area contributed by atoms with Crippen LogP contribution in [0.5, 0.6) is 0 Å². The summed E-state index contributed by atoms with van der Waals surface area (Å²) >= 11 is 1.73. The van der Waals surface area contributed by atoms with Gasteiger partial charge >= 0.3 is 0 Å². The molecule has 4 nitrogen and oxygen atoms in total. The highest BCUT2D eigenvalue weighted by Gasteiger charge is 2.35. The molecule has 2 unspecified atom stereocenters. The predicted molar refractivity (Wildman–Crippen MR) is 72.9 cm³/mol. The molecule has 3 heterocycles. The van der Waals surface area contributed by atoms with E-state index in [4.69, 9.17) is 5.10 Å². The first-order valence-electron chi connectivity index (χ1n) is 6.58. The number of thiophene rings is 1. The van der Waals surface area contributed by atoms with Crippen LogP contribution in [0.3, 0.4) is 0 Å². The molecule has 1 aliphatic heterocycles. The van der Waals surface area contributed by atoms with Crippen LogP contribution in [0.2, 0.25) is 0 Å². The van der Waals surface area contributed by atoms with Gasteiger partial charge in [0.2, 0.25) is 5.95 Å². The summed E-state index contributed by atoms with van der Waals surface area (Å²) in [6.07, 6.45) is 3.90. The van der Waals surface area contributed by atoms with Crippen molar-refractivity contribution in [2.24, 2.45) is 5.92 Å². The first kappa shape index (κ1) is 10.6. The Balaban J connectivity index is 1.79. The zero-order chi connectivity index (χ0) is 12.1. The van der Waals surface area contributed by atoms with Gasteiger partial charge < -0.3 is 5.32 Å². The molecule has 94 valence electrons. The van der Waals surface area contributed by atoms with Gasteiger partial charge in [-0.15, -0.1) is 16.4 Å². The number of fused-ring (bicyclic) bond motifs is 3. The van der Waals surface area contributed by atoms with Crippen molar-refractivity contribution in [2.45, 2.75) is 32.2 Å². The minimum atomic E-state index is 0.572. The normalized spacial score (nSPS) is 25.6. The molecule has 0 spiro atoms. The van der Waals surface area contributed by atoms with E-state index < -0.39 is 0 Å². The van der Waals surface area contributed by atoms with Gasteiger partial charge in [0, 0.05) is 6.54 Å². The summed E-state index contributed by atoms with van der Waals surface area (Å²) in [7, 11) is 0. The summed E-state index contributed by atoms with van der Waals surface area (Å²) in [6, 6.07) is 2.70. The molecule has 1 saturated carbocycles. The second-order valence-corrected chi connectivity index (χ2v) is 6.19. The molecule has 2 aromatic heterocycles. The summed E-state index contributed by atoms with van der Waals surface area (Å²) in [6.45, 7) is 3.18. The fourth-order valence-corrected chi connectivity index (χ4v) is 4.03. The van der Waals surface area contributed by atoms with E-state index in [0.29, 0.717) is 6.04 Å². The molecule has 0 aromatic carbocycles. The molecule has 1 N–H and O–H groups in total. The number of rotatable bonds is 1. The van der Waals surface area contributed by atoms with Crippen LogP contribution in [0.15, 0.2) is 11.4 Å². The minimum absolute atomic E-state index is 0.572. The highest BCUT2D eigenvalue weighted by molar-refractivity contribution is 7.13. The van der Waals surface area contributed by atoms with Gasteiger partial charge in [0.25, 0.3) is 0 Å². The van der Waals surface area contributed by atoms with Crippen molar-refractivity contribution >= 4 is 17.3 Å². The third kappa shape index (κ3) is 1.43. The molecule has 1 fully saturated rings. The Morgan fingerprint density at radius 1 is 1.44 bits per heavy atom. The van der Waals surface area contributed by atoms with Gasteiger partial charge in [0.15, 0.2) is 5.82 Å². The van der Waals surface area contributed by atoms with E-state index in [1.165, 1.54) is 29.7 Å². The van der Waals surface area contributed by atoms with Crippen molar-refractivity contribution in [3.63, 3.8) is 0 Å². The fraction of sp³-hybridized carbons (Fsp3) is 0.538. The van der Waals surface area contributed by atoms with E-state index in [1.54, 1.807) is 11.3 Å². The van der Waals surface area contributed by atoms with Crippen molar-refractivity contribution in [1.29, 1.82) is 0 Å². The standard InChI is InChI=1S/C13H16N4S/c1-8-5-6-18-11(8)12-15-13-14-7-9-3-2-4-10(9)17(13)16-12/h5-6,9-10H,2-4,7H2,1H3,(H,14,15,16). The maximum atomic E-state index is 4.75. The lowest BCUT2D eigenvalue weighted by atomic mass is 10.0. The van der Waals surface area contributed by atoms with Crippen LogP contribution in [0.1, 0.15) is 30.9 Å². The van der Waals surface area contributed by atoms with Gasteiger partial charge in [-0.2, -0.15) is 4.98 Å². The molecular formula is C13H16N4S. The zero-order valence-corrected chi connectivity index (χ0v) is 11.2.